The third-order valence-electron chi connectivity index (χ3n) is 4.85. The molecule has 0 bridgehead atoms. The van der Waals surface area contributed by atoms with E-state index in [0.29, 0.717) is 17.1 Å². The van der Waals surface area contributed by atoms with Crippen LogP contribution < -0.4 is 14.4 Å². The number of imide groups is 1. The highest BCUT2D eigenvalue weighted by Gasteiger charge is 2.37. The average Bonchev–Trinajstić information content (AvgIpc) is 3.31. The molecule has 0 aliphatic carbocycles. The average molecular weight is 449 g/mol. The number of thioether (sulfide) groups is 1. The molecule has 0 N–H and O–H groups in total. The standard InChI is InChI=1S/C22H28N2O6S/c1-22(2,3)30-19(25)13-24-20(26)18(31-21(24)27)11-14-10-17(29-5)15(12-16(14)28-4)23-8-6-7-9-23/h10-12H,6-9,13H2,1-5H3/b18-11-. The largest absolute Gasteiger partial charge is 0.496 e. The molecule has 2 aliphatic heterocycles. The zero-order chi connectivity index (χ0) is 22.8. The van der Waals surface area contributed by atoms with Crippen LogP contribution in [0.1, 0.15) is 39.2 Å². The summed E-state index contributed by atoms with van der Waals surface area (Å²) in [6.45, 7) is 6.65. The van der Waals surface area contributed by atoms with Gasteiger partial charge in [0, 0.05) is 24.7 Å². The number of anilines is 1. The summed E-state index contributed by atoms with van der Waals surface area (Å²) in [6, 6.07) is 3.69. The van der Waals surface area contributed by atoms with Crippen molar-refractivity contribution in [2.24, 2.45) is 0 Å². The molecule has 9 heteroatoms. The first-order chi connectivity index (χ1) is 14.6. The molecule has 0 unspecified atom stereocenters. The molecule has 0 aromatic heterocycles. The topological polar surface area (TPSA) is 85.4 Å². The maximum Gasteiger partial charge on any atom is 0.326 e. The SMILES string of the molecule is COc1cc(N2CCCC2)c(OC)cc1/C=C1\SC(=O)N(CC(=O)OC(C)(C)C)C1=O. The molecule has 31 heavy (non-hydrogen) atoms. The lowest BCUT2D eigenvalue weighted by Crippen LogP contribution is -2.37. The van der Waals surface area contributed by atoms with Gasteiger partial charge in [0.25, 0.3) is 11.1 Å². The second-order valence-electron chi connectivity index (χ2n) is 8.31. The molecule has 2 heterocycles. The molecule has 0 atom stereocenters. The van der Waals surface area contributed by atoms with Crippen molar-refractivity contribution in [3.05, 3.63) is 22.6 Å². The van der Waals surface area contributed by atoms with Gasteiger partial charge < -0.3 is 19.1 Å². The van der Waals surface area contributed by atoms with Gasteiger partial charge in [-0.15, -0.1) is 0 Å². The molecule has 3 rings (SSSR count). The monoisotopic (exact) mass is 448 g/mol. The molecule has 0 saturated carbocycles. The van der Waals surface area contributed by atoms with Crippen LogP contribution in [0.15, 0.2) is 17.0 Å². The van der Waals surface area contributed by atoms with Crippen LogP contribution >= 0.6 is 11.8 Å². The van der Waals surface area contributed by atoms with E-state index in [0.717, 1.165) is 48.3 Å². The first-order valence-electron chi connectivity index (χ1n) is 10.1. The van der Waals surface area contributed by atoms with Crippen LogP contribution in [0.3, 0.4) is 0 Å². The molecule has 1 aromatic carbocycles. The summed E-state index contributed by atoms with van der Waals surface area (Å²) < 4.78 is 16.3. The summed E-state index contributed by atoms with van der Waals surface area (Å²) >= 11 is 0.783. The zero-order valence-corrected chi connectivity index (χ0v) is 19.3. The van der Waals surface area contributed by atoms with Gasteiger partial charge in [-0.1, -0.05) is 0 Å². The highest BCUT2D eigenvalue weighted by Crippen LogP contribution is 2.40. The third kappa shape index (κ3) is 5.33. The summed E-state index contributed by atoms with van der Waals surface area (Å²) in [5.41, 5.74) is 0.854. The van der Waals surface area contributed by atoms with Gasteiger partial charge in [0.05, 0.1) is 24.8 Å². The van der Waals surface area contributed by atoms with E-state index in [1.165, 1.54) is 0 Å². The number of carbonyl (C=O) groups is 3. The number of ether oxygens (including phenoxy) is 3. The van der Waals surface area contributed by atoms with Crippen molar-refractivity contribution in [1.29, 1.82) is 0 Å². The van der Waals surface area contributed by atoms with E-state index in [2.05, 4.69) is 4.90 Å². The second-order valence-corrected chi connectivity index (χ2v) is 9.31. The molecular formula is C22H28N2O6S. The Morgan fingerprint density at radius 2 is 1.74 bits per heavy atom. The summed E-state index contributed by atoms with van der Waals surface area (Å²) in [7, 11) is 3.15. The van der Waals surface area contributed by atoms with Gasteiger partial charge in [0.1, 0.15) is 23.6 Å². The lowest BCUT2D eigenvalue weighted by atomic mass is 10.1. The normalized spacial score (nSPS) is 18.2. The second kappa shape index (κ2) is 9.21. The van der Waals surface area contributed by atoms with Crippen LogP contribution in [-0.4, -0.2) is 61.5 Å². The van der Waals surface area contributed by atoms with E-state index in [1.54, 1.807) is 47.1 Å². The minimum absolute atomic E-state index is 0.211. The number of esters is 1. The lowest BCUT2D eigenvalue weighted by Gasteiger charge is -2.22. The van der Waals surface area contributed by atoms with Crippen LogP contribution in [0.5, 0.6) is 11.5 Å². The molecule has 2 saturated heterocycles. The van der Waals surface area contributed by atoms with Crippen LogP contribution in [0.4, 0.5) is 10.5 Å². The molecule has 1 aromatic rings. The summed E-state index contributed by atoms with van der Waals surface area (Å²) in [4.78, 5) is 40.6. The number of carbonyl (C=O) groups excluding carboxylic acids is 3. The number of amides is 2. The van der Waals surface area contributed by atoms with Crippen molar-refractivity contribution in [2.45, 2.75) is 39.2 Å². The van der Waals surface area contributed by atoms with Crippen molar-refractivity contribution < 1.29 is 28.6 Å². The van der Waals surface area contributed by atoms with E-state index in [9.17, 15) is 14.4 Å². The van der Waals surface area contributed by atoms with Crippen molar-refractivity contribution >= 4 is 40.6 Å². The highest BCUT2D eigenvalue weighted by atomic mass is 32.2. The third-order valence-corrected chi connectivity index (χ3v) is 5.75. The van der Waals surface area contributed by atoms with Crippen LogP contribution in [0.25, 0.3) is 6.08 Å². The predicted octanol–water partition coefficient (Wildman–Crippen LogP) is 3.68. The Hall–Kier alpha value is -2.68. The molecule has 0 spiro atoms. The van der Waals surface area contributed by atoms with Gasteiger partial charge in [-0.3, -0.25) is 19.3 Å². The predicted molar refractivity (Wildman–Crippen MR) is 120 cm³/mol. The smallest absolute Gasteiger partial charge is 0.326 e. The first-order valence-corrected chi connectivity index (χ1v) is 10.9. The molecule has 2 aliphatic rings. The van der Waals surface area contributed by atoms with E-state index >= 15 is 0 Å². The van der Waals surface area contributed by atoms with E-state index in [-0.39, 0.29) is 4.91 Å². The molecule has 2 amide bonds. The number of rotatable bonds is 6. The van der Waals surface area contributed by atoms with Crippen molar-refractivity contribution in [3.63, 3.8) is 0 Å². The molecule has 2 fully saturated rings. The van der Waals surface area contributed by atoms with Gasteiger partial charge in [-0.25, -0.2) is 0 Å². The quantitative estimate of drug-likeness (QED) is 0.481. The Morgan fingerprint density at radius 1 is 1.10 bits per heavy atom. The molecule has 0 radical (unpaired) electrons. The van der Waals surface area contributed by atoms with E-state index in [1.807, 2.05) is 6.07 Å². The highest BCUT2D eigenvalue weighted by molar-refractivity contribution is 8.18. The fourth-order valence-corrected chi connectivity index (χ4v) is 4.33. The molecular weight excluding hydrogens is 420 g/mol. The number of hydrogen-bond acceptors (Lipinski definition) is 8. The summed E-state index contributed by atoms with van der Waals surface area (Å²) in [5.74, 6) is 0.0688. The van der Waals surface area contributed by atoms with Gasteiger partial charge in [-0.05, 0) is 57.5 Å². The number of nitrogens with zero attached hydrogens (tertiary/aromatic N) is 2. The maximum absolute atomic E-state index is 12.8. The number of hydrogen-bond donors (Lipinski definition) is 0. The molecule has 168 valence electrons. The minimum atomic E-state index is -0.699. The number of methoxy groups -OCH3 is 2. The van der Waals surface area contributed by atoms with Crippen LogP contribution in [-0.2, 0) is 14.3 Å². The minimum Gasteiger partial charge on any atom is -0.496 e. The lowest BCUT2D eigenvalue weighted by molar-refractivity contribution is -0.156. The van der Waals surface area contributed by atoms with Crippen LogP contribution in [0, 0.1) is 0 Å². The zero-order valence-electron chi connectivity index (χ0n) is 18.5. The van der Waals surface area contributed by atoms with E-state index < -0.39 is 29.3 Å². The Labute approximate surface area is 186 Å². The van der Waals surface area contributed by atoms with Gasteiger partial charge in [0.2, 0.25) is 0 Å². The Balaban J connectivity index is 1.86. The van der Waals surface area contributed by atoms with Gasteiger partial charge in [0.15, 0.2) is 0 Å². The maximum atomic E-state index is 12.8. The number of benzene rings is 1. The van der Waals surface area contributed by atoms with Gasteiger partial charge in [-0.2, -0.15) is 0 Å². The van der Waals surface area contributed by atoms with Crippen molar-refractivity contribution in [3.8, 4) is 11.5 Å². The van der Waals surface area contributed by atoms with Crippen molar-refractivity contribution in [1.82, 2.24) is 4.90 Å². The summed E-state index contributed by atoms with van der Waals surface area (Å²) in [5, 5.41) is -0.512. The Kier molecular flexibility index (Phi) is 6.83. The van der Waals surface area contributed by atoms with Crippen LogP contribution in [0.2, 0.25) is 0 Å². The fraction of sp³-hybridized carbons (Fsp3) is 0.500. The molecule has 8 nitrogen and oxygen atoms in total. The summed E-state index contributed by atoms with van der Waals surface area (Å²) in [6.07, 6.45) is 3.84. The first kappa shape index (κ1) is 23.0. The van der Waals surface area contributed by atoms with Gasteiger partial charge >= 0.3 is 5.97 Å². The fourth-order valence-electron chi connectivity index (χ4n) is 3.50. The Morgan fingerprint density at radius 3 is 2.32 bits per heavy atom. The van der Waals surface area contributed by atoms with Crippen molar-refractivity contribution in [2.75, 3.05) is 38.8 Å². The van der Waals surface area contributed by atoms with E-state index in [4.69, 9.17) is 14.2 Å². The Bertz CT molecular complexity index is 915.